The van der Waals surface area contributed by atoms with Crippen molar-refractivity contribution in [3.63, 3.8) is 0 Å². The van der Waals surface area contributed by atoms with Crippen molar-refractivity contribution in [2.24, 2.45) is 0 Å². The van der Waals surface area contributed by atoms with Crippen molar-refractivity contribution in [2.45, 2.75) is 9.79 Å². The Bertz CT molecular complexity index is 2900. The van der Waals surface area contributed by atoms with Crippen LogP contribution in [-0.2, 0) is 9.84 Å². The molecule has 222 valence electrons. The molecule has 0 N–H and O–H groups in total. The minimum atomic E-state index is -3.71. The van der Waals surface area contributed by atoms with Crippen molar-refractivity contribution in [3.05, 3.63) is 158 Å². The number of aromatic nitrogens is 2. The minimum absolute atomic E-state index is 0.273. The zero-order valence-corrected chi connectivity index (χ0v) is 25.9. The van der Waals surface area contributed by atoms with E-state index in [-0.39, 0.29) is 9.79 Å². The number of para-hydroxylation sites is 4. The molecular weight excluding hydrogens is 597 g/mol. The highest BCUT2D eigenvalue weighted by Gasteiger charge is 2.20. The number of rotatable bonds is 4. The summed E-state index contributed by atoms with van der Waals surface area (Å²) in [5, 5.41) is 7.27. The van der Waals surface area contributed by atoms with Gasteiger partial charge in [-0.05, 0) is 77.9 Å². The quantitative estimate of drug-likeness (QED) is 0.196. The van der Waals surface area contributed by atoms with E-state index in [1.54, 1.807) is 24.3 Å². The third kappa shape index (κ3) is 3.66. The fourth-order valence-corrected chi connectivity index (χ4v) is 8.81. The van der Waals surface area contributed by atoms with Crippen molar-refractivity contribution in [3.8, 4) is 16.8 Å². The number of nitrogens with zero attached hydrogens (tertiary/aromatic N) is 2. The summed E-state index contributed by atoms with van der Waals surface area (Å²) in [5.74, 6) is 0. The maximum Gasteiger partial charge on any atom is 0.206 e. The van der Waals surface area contributed by atoms with Gasteiger partial charge in [-0.2, -0.15) is 0 Å². The Hall–Kier alpha value is -5.91. The minimum Gasteiger partial charge on any atom is -0.309 e. The lowest BCUT2D eigenvalue weighted by Gasteiger charge is -2.10. The molecule has 0 spiro atoms. The van der Waals surface area contributed by atoms with Crippen LogP contribution < -0.4 is 0 Å². The summed E-state index contributed by atoms with van der Waals surface area (Å²) in [6.07, 6.45) is 0. The molecule has 0 aliphatic carbocycles. The van der Waals surface area contributed by atoms with Crippen molar-refractivity contribution >= 4 is 69.7 Å². The van der Waals surface area contributed by atoms with Gasteiger partial charge >= 0.3 is 0 Å². The molecule has 10 aromatic rings. The van der Waals surface area contributed by atoms with E-state index in [2.05, 4.69) is 93.9 Å². The first-order valence-corrected chi connectivity index (χ1v) is 17.2. The smallest absolute Gasteiger partial charge is 0.206 e. The van der Waals surface area contributed by atoms with E-state index < -0.39 is 9.84 Å². The van der Waals surface area contributed by atoms with Gasteiger partial charge in [0.15, 0.2) is 0 Å². The lowest BCUT2D eigenvalue weighted by Crippen LogP contribution is -2.02. The van der Waals surface area contributed by atoms with E-state index in [0.717, 1.165) is 27.8 Å². The van der Waals surface area contributed by atoms with Gasteiger partial charge in [0.1, 0.15) is 0 Å². The average molecular weight is 623 g/mol. The van der Waals surface area contributed by atoms with Gasteiger partial charge in [-0.25, -0.2) is 8.42 Å². The Labute approximate surface area is 270 Å². The van der Waals surface area contributed by atoms with Crippen molar-refractivity contribution in [1.82, 2.24) is 8.97 Å². The molecule has 5 heteroatoms. The Morgan fingerprint density at radius 2 is 0.851 bits per heavy atom. The lowest BCUT2D eigenvalue weighted by atomic mass is 10.0. The monoisotopic (exact) mass is 622 g/mol. The molecule has 0 radical (unpaired) electrons. The van der Waals surface area contributed by atoms with Gasteiger partial charge in [-0.15, -0.1) is 0 Å². The summed E-state index contributed by atoms with van der Waals surface area (Å²) < 4.78 is 32.1. The highest BCUT2D eigenvalue weighted by molar-refractivity contribution is 7.91. The fraction of sp³-hybridized carbons (Fsp3) is 0. The Morgan fingerprint density at radius 1 is 0.383 bits per heavy atom. The number of hydrogen-bond donors (Lipinski definition) is 0. The zero-order valence-electron chi connectivity index (χ0n) is 25.1. The van der Waals surface area contributed by atoms with Gasteiger partial charge in [0.05, 0.1) is 37.4 Å². The maximum atomic E-state index is 13.8. The molecule has 0 atom stereocenters. The normalized spacial score (nSPS) is 12.4. The Morgan fingerprint density at radius 3 is 1.49 bits per heavy atom. The van der Waals surface area contributed by atoms with E-state index in [1.807, 2.05) is 48.5 Å². The summed E-state index contributed by atoms with van der Waals surface area (Å²) in [7, 11) is -3.71. The van der Waals surface area contributed by atoms with Gasteiger partial charge in [0, 0.05) is 38.0 Å². The van der Waals surface area contributed by atoms with Gasteiger partial charge < -0.3 is 8.97 Å². The van der Waals surface area contributed by atoms with Gasteiger partial charge in [-0.3, -0.25) is 0 Å². The molecule has 4 nitrogen and oxygen atoms in total. The molecule has 0 aliphatic heterocycles. The fourth-order valence-electron chi connectivity index (χ4n) is 7.55. The highest BCUT2D eigenvalue weighted by Crippen LogP contribution is 2.40. The van der Waals surface area contributed by atoms with E-state index >= 15 is 0 Å². The van der Waals surface area contributed by atoms with Crippen molar-refractivity contribution in [1.29, 1.82) is 0 Å². The molecule has 0 amide bonds. The van der Waals surface area contributed by atoms with E-state index in [1.165, 1.54) is 48.9 Å². The molecule has 0 aliphatic rings. The molecule has 0 fully saturated rings. The SMILES string of the molecule is O=S(=O)(c1ccc(-c2ccc3c(c2)c2cccc4c5ccccc5n3c42)cc1)c1ccc(-n2c3ccccc3c3ccccc32)cc1. The Kier molecular flexibility index (Phi) is 5.35. The van der Waals surface area contributed by atoms with Crippen LogP contribution in [0.3, 0.4) is 0 Å². The molecule has 0 saturated heterocycles. The zero-order chi connectivity index (χ0) is 31.3. The molecular formula is C42H26N2O2S. The molecule has 0 saturated carbocycles. The molecule has 0 bridgehead atoms. The summed E-state index contributed by atoms with van der Waals surface area (Å²) in [6.45, 7) is 0. The molecule has 10 rings (SSSR count). The first-order valence-electron chi connectivity index (χ1n) is 15.7. The van der Waals surface area contributed by atoms with E-state index in [4.69, 9.17) is 0 Å². The number of benzene rings is 7. The van der Waals surface area contributed by atoms with Crippen LogP contribution in [0, 0.1) is 0 Å². The topological polar surface area (TPSA) is 43.5 Å². The summed E-state index contributed by atoms with van der Waals surface area (Å²) in [6, 6.07) is 52.7. The summed E-state index contributed by atoms with van der Waals surface area (Å²) >= 11 is 0. The van der Waals surface area contributed by atoms with Crippen LogP contribution in [0.15, 0.2) is 168 Å². The molecule has 3 heterocycles. The van der Waals surface area contributed by atoms with E-state index in [9.17, 15) is 8.42 Å². The van der Waals surface area contributed by atoms with Crippen molar-refractivity contribution in [2.75, 3.05) is 0 Å². The van der Waals surface area contributed by atoms with Crippen LogP contribution in [0.4, 0.5) is 0 Å². The molecule has 7 aromatic carbocycles. The van der Waals surface area contributed by atoms with Crippen LogP contribution in [0.25, 0.3) is 76.7 Å². The highest BCUT2D eigenvalue weighted by atomic mass is 32.2. The predicted octanol–water partition coefficient (Wildman–Crippen LogP) is 10.4. The van der Waals surface area contributed by atoms with Crippen LogP contribution >= 0.6 is 0 Å². The predicted molar refractivity (Wildman–Crippen MR) is 193 cm³/mol. The second-order valence-electron chi connectivity index (χ2n) is 12.2. The average Bonchev–Trinajstić information content (AvgIpc) is 3.77. The standard InChI is InChI=1S/C42H26N2O2S/c45-47(46,31-23-19-29(20-24-31)43-38-13-4-1-8-32(38)33-9-2-5-14-39(33)43)30-21-16-27(17-22-30)28-18-25-41-37(26-28)36-12-7-11-35-34-10-3-6-15-40(34)44(41)42(35)36/h1-26H. The maximum absolute atomic E-state index is 13.8. The van der Waals surface area contributed by atoms with Gasteiger partial charge in [-0.1, -0.05) is 91.0 Å². The summed E-state index contributed by atoms with van der Waals surface area (Å²) in [5.41, 5.74) is 8.74. The number of sulfone groups is 1. The van der Waals surface area contributed by atoms with Gasteiger partial charge in [0.25, 0.3) is 0 Å². The van der Waals surface area contributed by atoms with Gasteiger partial charge in [0.2, 0.25) is 9.84 Å². The number of hydrogen-bond acceptors (Lipinski definition) is 2. The second kappa shape index (κ2) is 9.55. The van der Waals surface area contributed by atoms with Crippen molar-refractivity contribution < 1.29 is 8.42 Å². The first-order chi connectivity index (χ1) is 23.1. The summed E-state index contributed by atoms with van der Waals surface area (Å²) in [4.78, 5) is 0.550. The van der Waals surface area contributed by atoms with Crippen LogP contribution in [0.1, 0.15) is 0 Å². The largest absolute Gasteiger partial charge is 0.309 e. The molecule has 47 heavy (non-hydrogen) atoms. The van der Waals surface area contributed by atoms with Crippen LogP contribution in [-0.4, -0.2) is 17.4 Å². The first kappa shape index (κ1) is 26.3. The molecule has 3 aromatic heterocycles. The second-order valence-corrected chi connectivity index (χ2v) is 14.1. The van der Waals surface area contributed by atoms with E-state index in [0.29, 0.717) is 0 Å². The third-order valence-electron chi connectivity index (χ3n) is 9.71. The molecule has 0 unspecified atom stereocenters. The Balaban J connectivity index is 1.01. The number of fused-ring (bicyclic) bond motifs is 9. The third-order valence-corrected chi connectivity index (χ3v) is 11.5. The van der Waals surface area contributed by atoms with Crippen LogP contribution in [0.5, 0.6) is 0 Å². The lowest BCUT2D eigenvalue weighted by molar-refractivity contribution is 0.596. The van der Waals surface area contributed by atoms with Crippen LogP contribution in [0.2, 0.25) is 0 Å².